The van der Waals surface area contributed by atoms with E-state index in [-0.39, 0.29) is 12.5 Å². The van der Waals surface area contributed by atoms with E-state index >= 15 is 0 Å². The Morgan fingerprint density at radius 2 is 1.90 bits per heavy atom. The van der Waals surface area contributed by atoms with Gasteiger partial charge in [-0.15, -0.1) is 0 Å². The van der Waals surface area contributed by atoms with Gasteiger partial charge in [-0.1, -0.05) is 18.2 Å². The van der Waals surface area contributed by atoms with E-state index in [4.69, 9.17) is 5.11 Å². The fourth-order valence-corrected chi connectivity index (χ4v) is 2.56. The summed E-state index contributed by atoms with van der Waals surface area (Å²) in [6.07, 6.45) is 0.623. The number of amides is 1. The molecule has 0 bridgehead atoms. The first-order valence-electron chi connectivity index (χ1n) is 6.37. The van der Waals surface area contributed by atoms with E-state index in [1.54, 1.807) is 6.07 Å². The molecule has 4 heteroatoms. The van der Waals surface area contributed by atoms with Crippen LogP contribution >= 0.6 is 15.9 Å². The molecule has 0 aliphatic rings. The molecule has 2 rings (SSSR count). The summed E-state index contributed by atoms with van der Waals surface area (Å²) < 4.78 is 0.784. The number of aryl methyl sites for hydroxylation is 1. The lowest BCUT2D eigenvalue weighted by Crippen LogP contribution is -2.12. The molecule has 0 fully saturated rings. The van der Waals surface area contributed by atoms with Crippen LogP contribution in [0.2, 0.25) is 0 Å². The molecule has 2 N–H and O–H groups in total. The number of halogens is 1. The molecule has 2 aromatic carbocycles. The smallest absolute Gasteiger partial charge is 0.256 e. The van der Waals surface area contributed by atoms with E-state index < -0.39 is 0 Å². The van der Waals surface area contributed by atoms with Gasteiger partial charge in [0.15, 0.2) is 0 Å². The summed E-state index contributed by atoms with van der Waals surface area (Å²) in [6.45, 7) is 2.11. The average molecular weight is 334 g/mol. The first-order chi connectivity index (χ1) is 9.60. The summed E-state index contributed by atoms with van der Waals surface area (Å²) in [7, 11) is 0. The highest BCUT2D eigenvalue weighted by molar-refractivity contribution is 9.10. The third-order valence-electron chi connectivity index (χ3n) is 2.98. The topological polar surface area (TPSA) is 49.3 Å². The molecular formula is C16H16BrNO2. The predicted octanol–water partition coefficient (Wildman–Crippen LogP) is 3.54. The van der Waals surface area contributed by atoms with E-state index in [0.717, 1.165) is 21.3 Å². The van der Waals surface area contributed by atoms with E-state index in [9.17, 15) is 4.79 Å². The summed E-state index contributed by atoms with van der Waals surface area (Å²) in [5, 5.41) is 11.7. The van der Waals surface area contributed by atoms with Gasteiger partial charge in [-0.3, -0.25) is 4.79 Å². The number of nitrogens with one attached hydrogen (secondary N) is 1. The van der Waals surface area contributed by atoms with Gasteiger partial charge >= 0.3 is 0 Å². The van der Waals surface area contributed by atoms with Gasteiger partial charge in [-0.05, 0) is 64.7 Å². The molecule has 0 unspecified atom stereocenters. The zero-order valence-corrected chi connectivity index (χ0v) is 12.8. The zero-order chi connectivity index (χ0) is 14.5. The Morgan fingerprint density at radius 1 is 1.20 bits per heavy atom. The van der Waals surface area contributed by atoms with Gasteiger partial charge in [0.25, 0.3) is 5.91 Å². The van der Waals surface area contributed by atoms with Crippen molar-refractivity contribution >= 4 is 27.5 Å². The summed E-state index contributed by atoms with van der Waals surface area (Å²) >= 11 is 3.40. The van der Waals surface area contributed by atoms with Crippen LogP contribution in [-0.4, -0.2) is 17.6 Å². The fraction of sp³-hybridized carbons (Fsp3) is 0.188. The Bertz CT molecular complexity index is 608. The Morgan fingerprint density at radius 3 is 2.50 bits per heavy atom. The minimum Gasteiger partial charge on any atom is -0.396 e. The lowest BCUT2D eigenvalue weighted by atomic mass is 10.1. The maximum absolute atomic E-state index is 12.2. The predicted molar refractivity (Wildman–Crippen MR) is 84.1 cm³/mol. The Labute approximate surface area is 126 Å². The molecule has 0 aliphatic carbocycles. The van der Waals surface area contributed by atoms with Gasteiger partial charge in [0.1, 0.15) is 0 Å². The highest BCUT2D eigenvalue weighted by atomic mass is 79.9. The molecule has 0 aliphatic heterocycles. The Balaban J connectivity index is 2.11. The van der Waals surface area contributed by atoms with Crippen LogP contribution < -0.4 is 5.32 Å². The second kappa shape index (κ2) is 6.68. The second-order valence-electron chi connectivity index (χ2n) is 4.61. The van der Waals surface area contributed by atoms with Crippen LogP contribution in [0, 0.1) is 6.92 Å². The zero-order valence-electron chi connectivity index (χ0n) is 11.2. The molecular weight excluding hydrogens is 318 g/mol. The monoisotopic (exact) mass is 333 g/mol. The standard InChI is InChI=1S/C16H16BrNO2/c1-11-2-7-14(15(17)10-11)16(20)18-13-5-3-12(4-6-13)8-9-19/h2-7,10,19H,8-9H2,1H3,(H,18,20). The van der Waals surface area contributed by atoms with Crippen molar-refractivity contribution in [1.82, 2.24) is 0 Å². The molecule has 0 aromatic heterocycles. The summed E-state index contributed by atoms with van der Waals surface area (Å²) in [4.78, 5) is 12.2. The van der Waals surface area contributed by atoms with E-state index in [0.29, 0.717) is 12.0 Å². The molecule has 0 radical (unpaired) electrons. The number of carbonyl (C=O) groups is 1. The largest absolute Gasteiger partial charge is 0.396 e. The van der Waals surface area contributed by atoms with Crippen LogP contribution in [0.3, 0.4) is 0 Å². The van der Waals surface area contributed by atoms with Gasteiger partial charge in [0, 0.05) is 16.8 Å². The number of aliphatic hydroxyl groups excluding tert-OH is 1. The minimum absolute atomic E-state index is 0.127. The van der Waals surface area contributed by atoms with Crippen molar-refractivity contribution in [2.75, 3.05) is 11.9 Å². The molecule has 0 saturated heterocycles. The Hall–Kier alpha value is -1.65. The van der Waals surface area contributed by atoms with Gasteiger partial charge < -0.3 is 10.4 Å². The molecule has 104 valence electrons. The molecule has 0 spiro atoms. The van der Waals surface area contributed by atoms with Crippen molar-refractivity contribution in [3.8, 4) is 0 Å². The van der Waals surface area contributed by atoms with Crippen LogP contribution in [0.15, 0.2) is 46.9 Å². The molecule has 0 atom stereocenters. The number of rotatable bonds is 4. The number of benzene rings is 2. The van der Waals surface area contributed by atoms with Crippen molar-refractivity contribution in [3.63, 3.8) is 0 Å². The highest BCUT2D eigenvalue weighted by Gasteiger charge is 2.10. The average Bonchev–Trinajstić information content (AvgIpc) is 2.41. The molecule has 0 saturated carbocycles. The molecule has 3 nitrogen and oxygen atoms in total. The van der Waals surface area contributed by atoms with Crippen molar-refractivity contribution in [2.45, 2.75) is 13.3 Å². The summed E-state index contributed by atoms with van der Waals surface area (Å²) in [5.74, 6) is -0.146. The van der Waals surface area contributed by atoms with Crippen molar-refractivity contribution < 1.29 is 9.90 Å². The second-order valence-corrected chi connectivity index (χ2v) is 5.46. The SMILES string of the molecule is Cc1ccc(C(=O)Nc2ccc(CCO)cc2)c(Br)c1. The van der Waals surface area contributed by atoms with E-state index in [1.807, 2.05) is 43.3 Å². The fourth-order valence-electron chi connectivity index (χ4n) is 1.89. The maximum atomic E-state index is 12.2. The lowest BCUT2D eigenvalue weighted by Gasteiger charge is -2.08. The molecule has 0 heterocycles. The quantitative estimate of drug-likeness (QED) is 0.898. The van der Waals surface area contributed by atoms with E-state index in [2.05, 4.69) is 21.2 Å². The summed E-state index contributed by atoms with van der Waals surface area (Å²) in [5.41, 5.74) is 3.49. The number of hydrogen-bond donors (Lipinski definition) is 2. The maximum Gasteiger partial charge on any atom is 0.256 e. The lowest BCUT2D eigenvalue weighted by molar-refractivity contribution is 0.102. The molecule has 20 heavy (non-hydrogen) atoms. The highest BCUT2D eigenvalue weighted by Crippen LogP contribution is 2.20. The van der Waals surface area contributed by atoms with Gasteiger partial charge in [0.2, 0.25) is 0 Å². The molecule has 1 amide bonds. The van der Waals surface area contributed by atoms with Gasteiger partial charge in [-0.25, -0.2) is 0 Å². The minimum atomic E-state index is -0.146. The third kappa shape index (κ3) is 3.68. The number of carbonyl (C=O) groups excluding carboxylic acids is 1. The van der Waals surface area contributed by atoms with Crippen molar-refractivity contribution in [2.24, 2.45) is 0 Å². The van der Waals surface area contributed by atoms with Gasteiger partial charge in [-0.2, -0.15) is 0 Å². The number of hydrogen-bond acceptors (Lipinski definition) is 2. The van der Waals surface area contributed by atoms with Crippen molar-refractivity contribution in [1.29, 1.82) is 0 Å². The van der Waals surface area contributed by atoms with E-state index in [1.165, 1.54) is 0 Å². The van der Waals surface area contributed by atoms with Crippen LogP contribution in [-0.2, 0) is 6.42 Å². The molecule has 2 aromatic rings. The van der Waals surface area contributed by atoms with Crippen LogP contribution in [0.4, 0.5) is 5.69 Å². The van der Waals surface area contributed by atoms with Crippen molar-refractivity contribution in [3.05, 3.63) is 63.6 Å². The van der Waals surface area contributed by atoms with Crippen LogP contribution in [0.1, 0.15) is 21.5 Å². The number of anilines is 1. The third-order valence-corrected chi connectivity index (χ3v) is 3.64. The summed E-state index contributed by atoms with van der Waals surface area (Å²) in [6, 6.07) is 13.1. The Kier molecular flexibility index (Phi) is 4.93. The first-order valence-corrected chi connectivity index (χ1v) is 7.17. The first kappa shape index (κ1) is 14.8. The van der Waals surface area contributed by atoms with Crippen LogP contribution in [0.25, 0.3) is 0 Å². The normalized spacial score (nSPS) is 10.3. The van der Waals surface area contributed by atoms with Gasteiger partial charge in [0.05, 0.1) is 5.56 Å². The number of aliphatic hydroxyl groups is 1. The van der Waals surface area contributed by atoms with Crippen LogP contribution in [0.5, 0.6) is 0 Å².